The van der Waals surface area contributed by atoms with Crippen molar-refractivity contribution in [1.29, 1.82) is 0 Å². The van der Waals surface area contributed by atoms with Gasteiger partial charge in [0.15, 0.2) is 0 Å². The number of nitrogens with one attached hydrogen (secondary N) is 1. The van der Waals surface area contributed by atoms with Crippen LogP contribution in [-0.4, -0.2) is 23.3 Å². The van der Waals surface area contributed by atoms with Crippen LogP contribution in [0.2, 0.25) is 5.02 Å². The third kappa shape index (κ3) is 4.69. The van der Waals surface area contributed by atoms with Crippen LogP contribution in [0.25, 0.3) is 0 Å². The number of amides is 1. The molecule has 0 aliphatic heterocycles. The van der Waals surface area contributed by atoms with Crippen LogP contribution in [0.4, 0.5) is 0 Å². The second kappa shape index (κ2) is 7.38. The van der Waals surface area contributed by atoms with Gasteiger partial charge in [-0.2, -0.15) is 0 Å². The average molecular weight is 322 g/mol. The van der Waals surface area contributed by atoms with Gasteiger partial charge in [-0.25, -0.2) is 0 Å². The minimum atomic E-state index is -0.193. The summed E-state index contributed by atoms with van der Waals surface area (Å²) in [5.74, 6) is 0.574. The molecule has 0 spiro atoms. The number of hydrogen-bond donors (Lipinski definition) is 2. The van der Waals surface area contributed by atoms with Crippen LogP contribution in [0.3, 0.4) is 0 Å². The fraction of sp³-hybridized carbons (Fsp3) is 0.188. The van der Waals surface area contributed by atoms with E-state index in [1.54, 1.807) is 17.8 Å². The molecule has 0 atom stereocenters. The summed E-state index contributed by atoms with van der Waals surface area (Å²) in [5.41, 5.74) is 1.68. The highest BCUT2D eigenvalue weighted by Crippen LogP contribution is 2.23. The quantitative estimate of drug-likeness (QED) is 0.649. The number of aryl methyl sites for hydroxylation is 1. The summed E-state index contributed by atoms with van der Waals surface area (Å²) in [5, 5.41) is 12.3. The first-order valence-corrected chi connectivity index (χ1v) is 7.89. The van der Waals surface area contributed by atoms with Gasteiger partial charge in [0.2, 0.25) is 0 Å². The molecule has 2 aromatic carbocycles. The van der Waals surface area contributed by atoms with Gasteiger partial charge in [0.25, 0.3) is 5.91 Å². The highest BCUT2D eigenvalue weighted by Gasteiger charge is 2.07. The zero-order chi connectivity index (χ0) is 15.2. The van der Waals surface area contributed by atoms with Gasteiger partial charge in [-0.1, -0.05) is 29.3 Å². The molecule has 0 aliphatic carbocycles. The van der Waals surface area contributed by atoms with Crippen LogP contribution in [0.5, 0.6) is 5.75 Å². The van der Waals surface area contributed by atoms with Gasteiger partial charge >= 0.3 is 0 Å². The minimum absolute atomic E-state index is 0.0249. The molecule has 0 fully saturated rings. The standard InChI is InChI=1S/C16H16ClNO2S/c1-11-2-5-13(6-3-11)21-9-8-18-16(20)12-4-7-15(19)14(17)10-12/h2-7,10,19H,8-9H2,1H3,(H,18,20). The lowest BCUT2D eigenvalue weighted by atomic mass is 10.2. The number of carbonyl (C=O) groups excluding carboxylic acids is 1. The first kappa shape index (κ1) is 15.7. The zero-order valence-corrected chi connectivity index (χ0v) is 13.2. The molecule has 0 heterocycles. The van der Waals surface area contributed by atoms with E-state index in [2.05, 4.69) is 36.5 Å². The van der Waals surface area contributed by atoms with Crippen LogP contribution in [0.15, 0.2) is 47.4 Å². The molecule has 0 aliphatic rings. The molecule has 0 aromatic heterocycles. The van der Waals surface area contributed by atoms with E-state index in [9.17, 15) is 9.90 Å². The predicted octanol–water partition coefficient (Wildman–Crippen LogP) is 3.88. The number of phenolic OH excluding ortho intramolecular Hbond substituents is 1. The molecule has 5 heteroatoms. The summed E-state index contributed by atoms with van der Waals surface area (Å²) in [4.78, 5) is 13.1. The second-order valence-electron chi connectivity index (χ2n) is 4.58. The van der Waals surface area contributed by atoms with E-state index in [1.165, 1.54) is 22.6 Å². The van der Waals surface area contributed by atoms with Gasteiger partial charge < -0.3 is 10.4 Å². The van der Waals surface area contributed by atoms with Crippen molar-refractivity contribution in [3.05, 3.63) is 58.6 Å². The molecule has 2 N–H and O–H groups in total. The van der Waals surface area contributed by atoms with Gasteiger partial charge in [0, 0.05) is 22.8 Å². The number of halogens is 1. The van der Waals surface area contributed by atoms with Crippen molar-refractivity contribution in [2.45, 2.75) is 11.8 Å². The number of hydrogen-bond acceptors (Lipinski definition) is 3. The number of benzene rings is 2. The summed E-state index contributed by atoms with van der Waals surface area (Å²) < 4.78 is 0. The normalized spacial score (nSPS) is 10.4. The predicted molar refractivity (Wildman–Crippen MR) is 87.4 cm³/mol. The van der Waals surface area contributed by atoms with E-state index in [0.717, 1.165) is 5.75 Å². The Hall–Kier alpha value is -1.65. The SMILES string of the molecule is Cc1ccc(SCCNC(=O)c2ccc(O)c(Cl)c2)cc1. The zero-order valence-electron chi connectivity index (χ0n) is 11.6. The molecule has 0 saturated carbocycles. The molecule has 0 unspecified atom stereocenters. The summed E-state index contributed by atoms with van der Waals surface area (Å²) >= 11 is 7.47. The monoisotopic (exact) mass is 321 g/mol. The maximum atomic E-state index is 11.9. The van der Waals surface area contributed by atoms with Gasteiger partial charge in [-0.05, 0) is 37.3 Å². The Kier molecular flexibility index (Phi) is 5.53. The largest absolute Gasteiger partial charge is 0.506 e. The van der Waals surface area contributed by atoms with Gasteiger partial charge in [-0.3, -0.25) is 4.79 Å². The number of aromatic hydroxyl groups is 1. The van der Waals surface area contributed by atoms with Crippen LogP contribution < -0.4 is 5.32 Å². The summed E-state index contributed by atoms with van der Waals surface area (Å²) in [6.45, 7) is 2.62. The lowest BCUT2D eigenvalue weighted by Crippen LogP contribution is -2.25. The first-order chi connectivity index (χ1) is 10.1. The first-order valence-electron chi connectivity index (χ1n) is 6.52. The molecule has 3 nitrogen and oxygen atoms in total. The molecule has 110 valence electrons. The Bertz CT molecular complexity index is 629. The second-order valence-corrected chi connectivity index (χ2v) is 6.16. The Morgan fingerprint density at radius 2 is 1.95 bits per heavy atom. The fourth-order valence-corrected chi connectivity index (χ4v) is 2.67. The van der Waals surface area contributed by atoms with Gasteiger partial charge in [0.05, 0.1) is 5.02 Å². The topological polar surface area (TPSA) is 49.3 Å². The van der Waals surface area contributed by atoms with Crippen LogP contribution in [0.1, 0.15) is 15.9 Å². The van der Waals surface area contributed by atoms with Crippen molar-refractivity contribution in [3.63, 3.8) is 0 Å². The molecule has 0 radical (unpaired) electrons. The number of carbonyl (C=O) groups is 1. The smallest absolute Gasteiger partial charge is 0.251 e. The third-order valence-electron chi connectivity index (χ3n) is 2.89. The minimum Gasteiger partial charge on any atom is -0.506 e. The highest BCUT2D eigenvalue weighted by atomic mass is 35.5. The van der Waals surface area contributed by atoms with E-state index in [4.69, 9.17) is 11.6 Å². The Labute approximate surface area is 133 Å². The van der Waals surface area contributed by atoms with Crippen molar-refractivity contribution in [2.75, 3.05) is 12.3 Å². The number of rotatable bonds is 5. The van der Waals surface area contributed by atoms with Crippen molar-refractivity contribution in [3.8, 4) is 5.75 Å². The molecule has 1 amide bonds. The summed E-state index contributed by atoms with van der Waals surface area (Å²) in [7, 11) is 0. The summed E-state index contributed by atoms with van der Waals surface area (Å²) in [6, 6.07) is 12.7. The maximum Gasteiger partial charge on any atom is 0.251 e. The van der Waals surface area contributed by atoms with Crippen molar-refractivity contribution in [2.24, 2.45) is 0 Å². The Morgan fingerprint density at radius 1 is 1.24 bits per heavy atom. The van der Waals surface area contributed by atoms with Crippen LogP contribution in [0, 0.1) is 6.92 Å². The molecule has 21 heavy (non-hydrogen) atoms. The Morgan fingerprint density at radius 3 is 2.62 bits per heavy atom. The van der Waals surface area contributed by atoms with Gasteiger partial charge in [0.1, 0.15) is 5.75 Å². The third-order valence-corrected chi connectivity index (χ3v) is 4.20. The van der Waals surface area contributed by atoms with E-state index >= 15 is 0 Å². The van der Waals surface area contributed by atoms with E-state index in [1.807, 2.05) is 0 Å². The molecule has 2 rings (SSSR count). The molecule has 0 bridgehead atoms. The molecular formula is C16H16ClNO2S. The number of phenols is 1. The summed E-state index contributed by atoms with van der Waals surface area (Å²) in [6.07, 6.45) is 0. The lowest BCUT2D eigenvalue weighted by Gasteiger charge is -2.06. The highest BCUT2D eigenvalue weighted by molar-refractivity contribution is 7.99. The van der Waals surface area contributed by atoms with Gasteiger partial charge in [-0.15, -0.1) is 11.8 Å². The van der Waals surface area contributed by atoms with Crippen molar-refractivity contribution in [1.82, 2.24) is 5.32 Å². The Balaban J connectivity index is 1.79. The van der Waals surface area contributed by atoms with E-state index in [-0.39, 0.29) is 16.7 Å². The van der Waals surface area contributed by atoms with Crippen LogP contribution >= 0.6 is 23.4 Å². The molecular weight excluding hydrogens is 306 g/mol. The van der Waals surface area contributed by atoms with Crippen molar-refractivity contribution < 1.29 is 9.90 Å². The molecule has 0 saturated heterocycles. The van der Waals surface area contributed by atoms with E-state index in [0.29, 0.717) is 12.1 Å². The van der Waals surface area contributed by atoms with Crippen molar-refractivity contribution >= 4 is 29.3 Å². The maximum absolute atomic E-state index is 11.9. The average Bonchev–Trinajstić information content (AvgIpc) is 2.48. The number of thioether (sulfide) groups is 1. The lowest BCUT2D eigenvalue weighted by molar-refractivity contribution is 0.0956. The van der Waals surface area contributed by atoms with E-state index < -0.39 is 0 Å². The fourth-order valence-electron chi connectivity index (χ4n) is 1.72. The molecule has 2 aromatic rings. The van der Waals surface area contributed by atoms with Crippen LogP contribution in [-0.2, 0) is 0 Å².